The summed E-state index contributed by atoms with van der Waals surface area (Å²) >= 11 is 0. The second-order valence-electron chi connectivity index (χ2n) is 5.43. The Labute approximate surface area is 123 Å². The molecule has 1 aliphatic heterocycles. The Morgan fingerprint density at radius 2 is 2.24 bits per heavy atom. The Hall–Kier alpha value is -2.02. The molecule has 0 bridgehead atoms. The molecule has 0 radical (unpaired) electrons. The average molecular weight is 288 g/mol. The second kappa shape index (κ2) is 5.77. The van der Waals surface area contributed by atoms with E-state index in [0.29, 0.717) is 0 Å². The highest BCUT2D eigenvalue weighted by molar-refractivity contribution is 5.36. The smallest absolute Gasteiger partial charge is 0.156 e. The van der Waals surface area contributed by atoms with Crippen LogP contribution in [0.5, 0.6) is 0 Å². The van der Waals surface area contributed by atoms with Crippen LogP contribution in [0.2, 0.25) is 0 Å². The van der Waals surface area contributed by atoms with Crippen molar-refractivity contribution in [3.63, 3.8) is 0 Å². The van der Waals surface area contributed by atoms with Gasteiger partial charge in [-0.2, -0.15) is 5.10 Å². The van der Waals surface area contributed by atoms with Gasteiger partial charge < -0.3 is 9.64 Å². The molecule has 1 aliphatic rings. The molecule has 0 aliphatic carbocycles. The van der Waals surface area contributed by atoms with Gasteiger partial charge in [-0.1, -0.05) is 0 Å². The average Bonchev–Trinajstić information content (AvgIpc) is 3.07. The van der Waals surface area contributed by atoms with Crippen molar-refractivity contribution >= 4 is 5.82 Å². The van der Waals surface area contributed by atoms with Crippen molar-refractivity contribution in [2.75, 3.05) is 25.1 Å². The van der Waals surface area contributed by atoms with Gasteiger partial charge in [0.2, 0.25) is 0 Å². The van der Waals surface area contributed by atoms with Gasteiger partial charge in [0.1, 0.15) is 17.5 Å². The van der Waals surface area contributed by atoms with Crippen LogP contribution in [0.3, 0.4) is 0 Å². The van der Waals surface area contributed by atoms with Crippen molar-refractivity contribution in [2.45, 2.75) is 32.3 Å². The molecule has 1 fully saturated rings. The fourth-order valence-corrected chi connectivity index (χ4v) is 2.67. The molecule has 0 spiro atoms. The summed E-state index contributed by atoms with van der Waals surface area (Å²) < 4.78 is 5.87. The van der Waals surface area contributed by atoms with E-state index in [1.165, 1.54) is 0 Å². The largest absolute Gasteiger partial charge is 0.376 e. The minimum absolute atomic E-state index is 0.0838. The molecule has 3 rings (SSSR count). The zero-order valence-electron chi connectivity index (χ0n) is 12.6. The molecule has 0 amide bonds. The van der Waals surface area contributed by atoms with Gasteiger partial charge in [-0.25, -0.2) is 15.0 Å². The molecular formula is C14H20N6O. The highest BCUT2D eigenvalue weighted by Gasteiger charge is 2.33. The maximum atomic E-state index is 5.87. The molecule has 7 heteroatoms. The standard InChI is InChI=1S/C14H20N6O/c1-9-15-6-4-13(16-9)20(3)8-12-11(5-7-21-12)14-17-10(2)18-19-14/h4,6,11-12H,5,7-8H2,1-3H3,(H,17,18,19)/t11-,12-/m1/s1. The third kappa shape index (κ3) is 3.02. The van der Waals surface area contributed by atoms with Gasteiger partial charge in [0.15, 0.2) is 5.82 Å². The predicted molar refractivity (Wildman–Crippen MR) is 78.3 cm³/mol. The fourth-order valence-electron chi connectivity index (χ4n) is 2.67. The zero-order chi connectivity index (χ0) is 14.8. The highest BCUT2D eigenvalue weighted by Crippen LogP contribution is 2.30. The topological polar surface area (TPSA) is 79.8 Å². The fraction of sp³-hybridized carbons (Fsp3) is 0.571. The van der Waals surface area contributed by atoms with E-state index in [0.717, 1.165) is 42.9 Å². The number of nitrogens with one attached hydrogen (secondary N) is 1. The molecule has 1 N–H and O–H groups in total. The summed E-state index contributed by atoms with van der Waals surface area (Å²) in [5.74, 6) is 3.61. The minimum Gasteiger partial charge on any atom is -0.376 e. The molecule has 21 heavy (non-hydrogen) atoms. The first-order chi connectivity index (χ1) is 10.1. The van der Waals surface area contributed by atoms with Crippen LogP contribution in [0.25, 0.3) is 0 Å². The Bertz CT molecular complexity index is 613. The second-order valence-corrected chi connectivity index (χ2v) is 5.43. The number of likely N-dealkylation sites (N-methyl/N-ethyl adjacent to an activating group) is 1. The van der Waals surface area contributed by atoms with E-state index in [1.54, 1.807) is 6.20 Å². The molecule has 2 atom stereocenters. The highest BCUT2D eigenvalue weighted by atomic mass is 16.5. The molecule has 2 aromatic heterocycles. The normalized spacial score (nSPS) is 21.7. The first kappa shape index (κ1) is 13.9. The summed E-state index contributed by atoms with van der Waals surface area (Å²) in [5.41, 5.74) is 0. The van der Waals surface area contributed by atoms with Crippen LogP contribution in [-0.4, -0.2) is 51.5 Å². The van der Waals surface area contributed by atoms with E-state index in [1.807, 2.05) is 27.0 Å². The molecule has 0 aromatic carbocycles. The number of aromatic nitrogens is 5. The van der Waals surface area contributed by atoms with E-state index < -0.39 is 0 Å². The van der Waals surface area contributed by atoms with Crippen LogP contribution in [0.4, 0.5) is 5.82 Å². The summed E-state index contributed by atoms with van der Waals surface area (Å²) in [6, 6.07) is 1.91. The number of ether oxygens (including phenoxy) is 1. The van der Waals surface area contributed by atoms with Crippen molar-refractivity contribution in [2.24, 2.45) is 0 Å². The molecule has 112 valence electrons. The van der Waals surface area contributed by atoms with Crippen LogP contribution < -0.4 is 4.90 Å². The zero-order valence-corrected chi connectivity index (χ0v) is 12.6. The number of aromatic amines is 1. The van der Waals surface area contributed by atoms with Gasteiger partial charge in [0.05, 0.1) is 12.0 Å². The maximum absolute atomic E-state index is 5.87. The lowest BCUT2D eigenvalue weighted by Crippen LogP contribution is -2.32. The Balaban J connectivity index is 1.71. The first-order valence-corrected chi connectivity index (χ1v) is 7.15. The summed E-state index contributed by atoms with van der Waals surface area (Å²) in [7, 11) is 2.02. The van der Waals surface area contributed by atoms with Gasteiger partial charge in [0, 0.05) is 26.4 Å². The van der Waals surface area contributed by atoms with Gasteiger partial charge >= 0.3 is 0 Å². The number of hydrogen-bond donors (Lipinski definition) is 1. The van der Waals surface area contributed by atoms with Crippen LogP contribution in [0, 0.1) is 13.8 Å². The Morgan fingerprint density at radius 3 is 2.95 bits per heavy atom. The molecule has 0 unspecified atom stereocenters. The minimum atomic E-state index is 0.0838. The van der Waals surface area contributed by atoms with Gasteiger partial charge in [0.25, 0.3) is 0 Å². The van der Waals surface area contributed by atoms with Gasteiger partial charge in [-0.15, -0.1) is 0 Å². The van der Waals surface area contributed by atoms with Crippen molar-refractivity contribution in [3.05, 3.63) is 29.7 Å². The lowest BCUT2D eigenvalue weighted by molar-refractivity contribution is 0.108. The Morgan fingerprint density at radius 1 is 1.38 bits per heavy atom. The van der Waals surface area contributed by atoms with Crippen LogP contribution >= 0.6 is 0 Å². The quantitative estimate of drug-likeness (QED) is 0.911. The van der Waals surface area contributed by atoms with E-state index >= 15 is 0 Å². The SMILES string of the molecule is Cc1nccc(N(C)C[C@H]2OCC[C@H]2c2n[nH]c(C)n2)n1. The molecule has 1 saturated heterocycles. The number of anilines is 1. The van der Waals surface area contributed by atoms with Crippen LogP contribution in [0.1, 0.15) is 29.8 Å². The van der Waals surface area contributed by atoms with Crippen molar-refractivity contribution < 1.29 is 4.74 Å². The van der Waals surface area contributed by atoms with Crippen molar-refractivity contribution in [3.8, 4) is 0 Å². The van der Waals surface area contributed by atoms with E-state index in [4.69, 9.17) is 4.74 Å². The first-order valence-electron chi connectivity index (χ1n) is 7.15. The van der Waals surface area contributed by atoms with E-state index in [-0.39, 0.29) is 12.0 Å². The van der Waals surface area contributed by atoms with Crippen molar-refractivity contribution in [1.29, 1.82) is 0 Å². The lowest BCUT2D eigenvalue weighted by atomic mass is 10.0. The number of nitrogens with zero attached hydrogens (tertiary/aromatic N) is 5. The monoisotopic (exact) mass is 288 g/mol. The van der Waals surface area contributed by atoms with Crippen LogP contribution in [0.15, 0.2) is 12.3 Å². The molecule has 3 heterocycles. The number of aryl methyl sites for hydroxylation is 2. The summed E-state index contributed by atoms with van der Waals surface area (Å²) in [6.07, 6.45) is 2.82. The molecular weight excluding hydrogens is 268 g/mol. The van der Waals surface area contributed by atoms with E-state index in [9.17, 15) is 0 Å². The van der Waals surface area contributed by atoms with Gasteiger partial charge in [-0.3, -0.25) is 5.10 Å². The maximum Gasteiger partial charge on any atom is 0.156 e. The number of rotatable bonds is 4. The molecule has 0 saturated carbocycles. The van der Waals surface area contributed by atoms with Gasteiger partial charge in [-0.05, 0) is 26.3 Å². The van der Waals surface area contributed by atoms with Crippen LogP contribution in [-0.2, 0) is 4.74 Å². The number of H-pyrrole nitrogens is 1. The Kier molecular flexibility index (Phi) is 3.83. The summed E-state index contributed by atoms with van der Waals surface area (Å²) in [6.45, 7) is 5.31. The summed E-state index contributed by atoms with van der Waals surface area (Å²) in [4.78, 5) is 15.1. The third-order valence-corrected chi connectivity index (χ3v) is 3.76. The third-order valence-electron chi connectivity index (χ3n) is 3.76. The molecule has 2 aromatic rings. The predicted octanol–water partition coefficient (Wildman–Crippen LogP) is 1.22. The summed E-state index contributed by atoms with van der Waals surface area (Å²) in [5, 5.41) is 7.19. The molecule has 7 nitrogen and oxygen atoms in total. The number of hydrogen-bond acceptors (Lipinski definition) is 6. The van der Waals surface area contributed by atoms with Crippen molar-refractivity contribution in [1.82, 2.24) is 25.1 Å². The lowest BCUT2D eigenvalue weighted by Gasteiger charge is -2.24. The van der Waals surface area contributed by atoms with E-state index in [2.05, 4.69) is 30.0 Å².